The summed E-state index contributed by atoms with van der Waals surface area (Å²) in [6.45, 7) is 1.06. The standard InChI is InChI=1S/C23H25FN2O4/c1-25(2)12-5-13-26-20(15-8-10-17(24)11-9-15)19(22(28)23(26)29)21(27)16-6-4-7-18(14-16)30-3/h4,6-11,14,20,27H,5,12-13H2,1-3H3/t20-/m0/s1. The average molecular weight is 412 g/mol. The molecule has 0 saturated carbocycles. The molecule has 1 aliphatic heterocycles. The molecule has 1 saturated heterocycles. The quantitative estimate of drug-likeness (QED) is 0.430. The van der Waals surface area contributed by atoms with Gasteiger partial charge in [-0.2, -0.15) is 0 Å². The van der Waals surface area contributed by atoms with E-state index in [0.29, 0.717) is 29.8 Å². The van der Waals surface area contributed by atoms with E-state index in [0.717, 1.165) is 6.54 Å². The maximum absolute atomic E-state index is 13.5. The van der Waals surface area contributed by atoms with Crippen LogP contribution in [0.15, 0.2) is 54.1 Å². The number of benzene rings is 2. The number of nitrogens with zero attached hydrogens (tertiary/aromatic N) is 2. The number of likely N-dealkylation sites (tertiary alicyclic amines) is 1. The van der Waals surface area contributed by atoms with Crippen LogP contribution in [0.5, 0.6) is 5.75 Å². The highest BCUT2D eigenvalue weighted by molar-refractivity contribution is 6.46. The van der Waals surface area contributed by atoms with Crippen LogP contribution in [0.4, 0.5) is 4.39 Å². The third-order valence-corrected chi connectivity index (χ3v) is 5.07. The van der Waals surface area contributed by atoms with E-state index < -0.39 is 23.5 Å². The molecule has 1 heterocycles. The molecule has 0 aromatic heterocycles. The lowest BCUT2D eigenvalue weighted by Gasteiger charge is -2.26. The molecule has 6 nitrogen and oxygen atoms in total. The van der Waals surface area contributed by atoms with Crippen molar-refractivity contribution in [2.45, 2.75) is 12.5 Å². The van der Waals surface area contributed by atoms with Gasteiger partial charge in [-0.1, -0.05) is 24.3 Å². The van der Waals surface area contributed by atoms with E-state index >= 15 is 0 Å². The van der Waals surface area contributed by atoms with Gasteiger partial charge in [0.1, 0.15) is 17.3 Å². The Kier molecular flexibility index (Phi) is 6.52. The van der Waals surface area contributed by atoms with Gasteiger partial charge in [0.25, 0.3) is 11.7 Å². The number of aliphatic hydroxyl groups excluding tert-OH is 1. The number of aliphatic hydroxyl groups is 1. The second-order valence-electron chi connectivity index (χ2n) is 7.43. The van der Waals surface area contributed by atoms with Crippen LogP contribution in [0, 0.1) is 5.82 Å². The minimum Gasteiger partial charge on any atom is -0.507 e. The van der Waals surface area contributed by atoms with Crippen molar-refractivity contribution in [3.63, 3.8) is 0 Å². The Labute approximate surface area is 175 Å². The smallest absolute Gasteiger partial charge is 0.295 e. The number of methoxy groups -OCH3 is 1. The van der Waals surface area contributed by atoms with Gasteiger partial charge in [-0.3, -0.25) is 9.59 Å². The van der Waals surface area contributed by atoms with Crippen molar-refractivity contribution in [2.75, 3.05) is 34.3 Å². The zero-order valence-corrected chi connectivity index (χ0v) is 17.3. The van der Waals surface area contributed by atoms with E-state index in [1.54, 1.807) is 24.3 Å². The van der Waals surface area contributed by atoms with Gasteiger partial charge in [0.05, 0.1) is 18.7 Å². The van der Waals surface area contributed by atoms with E-state index in [1.165, 1.54) is 36.3 Å². The molecule has 1 amide bonds. The molecule has 0 unspecified atom stereocenters. The van der Waals surface area contributed by atoms with Crippen molar-refractivity contribution in [3.8, 4) is 5.75 Å². The molecule has 2 aromatic rings. The molecule has 1 aliphatic rings. The number of ketones is 1. The number of ether oxygens (including phenoxy) is 1. The Balaban J connectivity index is 2.09. The Morgan fingerprint density at radius 2 is 1.87 bits per heavy atom. The van der Waals surface area contributed by atoms with Gasteiger partial charge in [0.15, 0.2) is 0 Å². The molecular weight excluding hydrogens is 387 g/mol. The van der Waals surface area contributed by atoms with Crippen molar-refractivity contribution in [2.24, 2.45) is 0 Å². The Bertz CT molecular complexity index is 969. The van der Waals surface area contributed by atoms with Crippen molar-refractivity contribution >= 4 is 17.4 Å². The maximum atomic E-state index is 13.5. The summed E-state index contributed by atoms with van der Waals surface area (Å²) in [5.41, 5.74) is 0.919. The summed E-state index contributed by atoms with van der Waals surface area (Å²) in [5, 5.41) is 11.0. The summed E-state index contributed by atoms with van der Waals surface area (Å²) in [7, 11) is 5.35. The minimum absolute atomic E-state index is 0.00952. The van der Waals surface area contributed by atoms with Crippen LogP contribution >= 0.6 is 0 Å². The van der Waals surface area contributed by atoms with E-state index in [1.807, 2.05) is 19.0 Å². The first-order valence-corrected chi connectivity index (χ1v) is 9.66. The predicted octanol–water partition coefficient (Wildman–Crippen LogP) is 3.21. The van der Waals surface area contributed by atoms with E-state index in [2.05, 4.69) is 0 Å². The normalized spacial score (nSPS) is 18.3. The monoisotopic (exact) mass is 412 g/mol. The van der Waals surface area contributed by atoms with E-state index in [9.17, 15) is 19.1 Å². The van der Waals surface area contributed by atoms with Crippen molar-refractivity contribution in [1.82, 2.24) is 9.80 Å². The molecule has 7 heteroatoms. The first kappa shape index (κ1) is 21.5. The molecule has 0 radical (unpaired) electrons. The summed E-state index contributed by atoms with van der Waals surface area (Å²) in [5.74, 6) is -1.62. The van der Waals surface area contributed by atoms with Crippen LogP contribution in [0.1, 0.15) is 23.6 Å². The van der Waals surface area contributed by atoms with Crippen molar-refractivity contribution in [1.29, 1.82) is 0 Å². The topological polar surface area (TPSA) is 70.1 Å². The van der Waals surface area contributed by atoms with E-state index in [4.69, 9.17) is 4.74 Å². The minimum atomic E-state index is -0.793. The first-order valence-electron chi connectivity index (χ1n) is 9.66. The van der Waals surface area contributed by atoms with Gasteiger partial charge in [0.2, 0.25) is 0 Å². The third-order valence-electron chi connectivity index (χ3n) is 5.07. The lowest BCUT2D eigenvalue weighted by molar-refractivity contribution is -0.139. The summed E-state index contributed by atoms with van der Waals surface area (Å²) < 4.78 is 18.7. The average Bonchev–Trinajstić information content (AvgIpc) is 2.98. The fraction of sp³-hybridized carbons (Fsp3) is 0.304. The third kappa shape index (κ3) is 4.36. The molecule has 30 heavy (non-hydrogen) atoms. The summed E-state index contributed by atoms with van der Waals surface area (Å²) in [6.07, 6.45) is 0.650. The highest BCUT2D eigenvalue weighted by Crippen LogP contribution is 2.39. The van der Waals surface area contributed by atoms with Crippen LogP contribution in [0.2, 0.25) is 0 Å². The number of carbonyl (C=O) groups excluding carboxylic acids is 2. The largest absolute Gasteiger partial charge is 0.507 e. The van der Waals surface area contributed by atoms with Crippen LogP contribution in [0.3, 0.4) is 0 Å². The number of Topliss-reactive ketones (excluding diaryl/α,β-unsaturated/α-hetero) is 1. The highest BCUT2D eigenvalue weighted by atomic mass is 19.1. The van der Waals surface area contributed by atoms with Gasteiger partial charge in [-0.15, -0.1) is 0 Å². The van der Waals surface area contributed by atoms with Crippen LogP contribution in [0.25, 0.3) is 5.76 Å². The van der Waals surface area contributed by atoms with Gasteiger partial charge >= 0.3 is 0 Å². The number of hydrogen-bond acceptors (Lipinski definition) is 5. The van der Waals surface area contributed by atoms with E-state index in [-0.39, 0.29) is 11.3 Å². The van der Waals surface area contributed by atoms with Gasteiger partial charge in [-0.05, 0) is 56.9 Å². The maximum Gasteiger partial charge on any atom is 0.295 e. The van der Waals surface area contributed by atoms with Crippen LogP contribution < -0.4 is 4.74 Å². The number of halogens is 1. The van der Waals surface area contributed by atoms with Crippen molar-refractivity contribution < 1.29 is 23.8 Å². The van der Waals surface area contributed by atoms with Gasteiger partial charge in [0, 0.05) is 12.1 Å². The lowest BCUT2D eigenvalue weighted by atomic mass is 9.95. The SMILES string of the molecule is COc1cccc(C(O)=C2C(=O)C(=O)N(CCCN(C)C)[C@H]2c2ccc(F)cc2)c1. The zero-order valence-electron chi connectivity index (χ0n) is 17.3. The summed E-state index contributed by atoms with van der Waals surface area (Å²) in [6, 6.07) is 11.5. The molecule has 0 bridgehead atoms. The molecule has 2 aromatic carbocycles. The fourth-order valence-electron chi connectivity index (χ4n) is 3.59. The predicted molar refractivity (Wildman–Crippen MR) is 112 cm³/mol. The molecule has 0 aliphatic carbocycles. The Morgan fingerprint density at radius 3 is 2.50 bits per heavy atom. The number of hydrogen-bond donors (Lipinski definition) is 1. The first-order chi connectivity index (χ1) is 14.3. The second kappa shape index (κ2) is 9.09. The molecule has 1 fully saturated rings. The van der Waals surface area contributed by atoms with Gasteiger partial charge < -0.3 is 19.6 Å². The van der Waals surface area contributed by atoms with Crippen molar-refractivity contribution in [3.05, 3.63) is 71.0 Å². The Hall–Kier alpha value is -3.19. The molecule has 0 spiro atoms. The number of rotatable bonds is 7. The number of carbonyl (C=O) groups is 2. The molecular formula is C23H25FN2O4. The fourth-order valence-corrected chi connectivity index (χ4v) is 3.59. The number of amides is 1. The summed E-state index contributed by atoms with van der Waals surface area (Å²) >= 11 is 0. The second-order valence-corrected chi connectivity index (χ2v) is 7.43. The summed E-state index contributed by atoms with van der Waals surface area (Å²) in [4.78, 5) is 29.2. The Morgan fingerprint density at radius 1 is 1.17 bits per heavy atom. The lowest BCUT2D eigenvalue weighted by Crippen LogP contribution is -2.32. The molecule has 158 valence electrons. The van der Waals surface area contributed by atoms with Crippen LogP contribution in [-0.2, 0) is 9.59 Å². The van der Waals surface area contributed by atoms with Gasteiger partial charge in [-0.25, -0.2) is 4.39 Å². The zero-order chi connectivity index (χ0) is 21.8. The molecule has 3 rings (SSSR count). The van der Waals surface area contributed by atoms with Crippen LogP contribution in [-0.4, -0.2) is 60.9 Å². The molecule has 1 N–H and O–H groups in total. The molecule has 1 atom stereocenters. The highest BCUT2D eigenvalue weighted by Gasteiger charge is 2.45.